The molecule has 6 rings (SSSR count). The Balaban J connectivity index is 1.33. The van der Waals surface area contributed by atoms with Gasteiger partial charge in [-0.05, 0) is 114 Å². The molecule has 1 fully saturated rings. The molecule has 1 heterocycles. The molecule has 5 aromatic carbocycles. The van der Waals surface area contributed by atoms with Gasteiger partial charge in [0.25, 0.3) is 0 Å². The SMILES string of the molecule is CC(C)(C)c1ccc(-c2ccc(N(c3ccc(B4OC(C)(C)C(C)(C)O4)cc3)c3ccc(-c4ccc(C(C)(C)C)cc4)cc3)cc2)cc1. The van der Waals surface area contributed by atoms with Gasteiger partial charge in [-0.2, -0.15) is 0 Å². The summed E-state index contributed by atoms with van der Waals surface area (Å²) in [6.45, 7) is 21.9. The molecule has 0 spiro atoms. The first-order valence-corrected chi connectivity index (χ1v) is 17.2. The second-order valence-corrected chi connectivity index (χ2v) is 16.3. The van der Waals surface area contributed by atoms with E-state index in [0.29, 0.717) is 0 Å². The molecule has 0 amide bonds. The molecule has 0 aliphatic carbocycles. The average Bonchev–Trinajstić information content (AvgIpc) is 3.27. The van der Waals surface area contributed by atoms with Gasteiger partial charge in [0.15, 0.2) is 0 Å². The van der Waals surface area contributed by atoms with Crippen LogP contribution < -0.4 is 10.4 Å². The lowest BCUT2D eigenvalue weighted by molar-refractivity contribution is 0.00578. The van der Waals surface area contributed by atoms with Gasteiger partial charge in [-0.1, -0.05) is 126 Å². The molecule has 0 aromatic heterocycles. The average molecular weight is 636 g/mol. The Bertz CT molecular complexity index is 1720. The van der Waals surface area contributed by atoms with Crippen LogP contribution in [0.2, 0.25) is 0 Å². The van der Waals surface area contributed by atoms with Crippen molar-refractivity contribution in [2.75, 3.05) is 4.90 Å². The van der Waals surface area contributed by atoms with Crippen LogP contribution in [0.3, 0.4) is 0 Å². The standard InChI is InChI=1S/C44H50BNO2/c1-41(2,3)35-19-11-31(12-20-35)33-15-25-38(26-16-33)46(40-29-23-37(24-30-40)45-47-43(7,8)44(9,10)48-45)39-27-17-34(18-28-39)32-13-21-36(22-14-32)42(4,5)6/h11-30H,1-10H3. The first-order chi connectivity index (χ1) is 22.5. The van der Waals surface area contributed by atoms with Gasteiger partial charge in [0.1, 0.15) is 0 Å². The minimum atomic E-state index is -0.398. The fourth-order valence-electron chi connectivity index (χ4n) is 6.14. The van der Waals surface area contributed by atoms with Crippen molar-refractivity contribution < 1.29 is 9.31 Å². The van der Waals surface area contributed by atoms with Crippen LogP contribution >= 0.6 is 0 Å². The second kappa shape index (κ2) is 12.4. The van der Waals surface area contributed by atoms with Gasteiger partial charge in [0.2, 0.25) is 0 Å². The molecule has 1 aliphatic heterocycles. The normalized spacial score (nSPS) is 15.8. The molecule has 0 N–H and O–H groups in total. The Morgan fingerprint density at radius 2 is 0.688 bits per heavy atom. The Morgan fingerprint density at radius 1 is 0.417 bits per heavy atom. The molecule has 4 heteroatoms. The van der Waals surface area contributed by atoms with E-state index in [4.69, 9.17) is 9.31 Å². The van der Waals surface area contributed by atoms with Crippen molar-refractivity contribution in [1.29, 1.82) is 0 Å². The zero-order valence-corrected chi connectivity index (χ0v) is 30.4. The molecule has 0 atom stereocenters. The second-order valence-electron chi connectivity index (χ2n) is 16.3. The lowest BCUT2D eigenvalue weighted by Gasteiger charge is -2.32. The summed E-state index contributed by atoms with van der Waals surface area (Å²) in [7, 11) is -0.398. The van der Waals surface area contributed by atoms with E-state index >= 15 is 0 Å². The Hall–Kier alpha value is -4.12. The number of rotatable bonds is 6. The van der Waals surface area contributed by atoms with Crippen LogP contribution in [0.5, 0.6) is 0 Å². The van der Waals surface area contributed by atoms with Crippen molar-refractivity contribution in [2.24, 2.45) is 0 Å². The molecule has 48 heavy (non-hydrogen) atoms. The summed E-state index contributed by atoms with van der Waals surface area (Å²) in [5.74, 6) is 0. The number of hydrogen-bond acceptors (Lipinski definition) is 3. The smallest absolute Gasteiger partial charge is 0.399 e. The number of benzene rings is 5. The lowest BCUT2D eigenvalue weighted by atomic mass is 9.79. The van der Waals surface area contributed by atoms with E-state index in [9.17, 15) is 0 Å². The van der Waals surface area contributed by atoms with Crippen LogP contribution in [-0.2, 0) is 20.1 Å². The summed E-state index contributed by atoms with van der Waals surface area (Å²) in [5, 5.41) is 0. The van der Waals surface area contributed by atoms with Gasteiger partial charge in [-0.25, -0.2) is 0 Å². The predicted octanol–water partition coefficient (Wildman–Crippen LogP) is 11.4. The summed E-state index contributed by atoms with van der Waals surface area (Å²) in [5.41, 5.74) is 11.3. The van der Waals surface area contributed by atoms with E-state index in [-0.39, 0.29) is 22.0 Å². The third kappa shape index (κ3) is 6.88. The van der Waals surface area contributed by atoms with E-state index < -0.39 is 7.12 Å². The molecule has 0 bridgehead atoms. The Kier molecular flexibility index (Phi) is 8.73. The number of anilines is 3. The molecule has 3 nitrogen and oxygen atoms in total. The van der Waals surface area contributed by atoms with Gasteiger partial charge in [0.05, 0.1) is 11.2 Å². The van der Waals surface area contributed by atoms with Crippen LogP contribution in [0.25, 0.3) is 22.3 Å². The zero-order valence-electron chi connectivity index (χ0n) is 30.4. The molecule has 1 aliphatic rings. The van der Waals surface area contributed by atoms with Crippen molar-refractivity contribution in [2.45, 2.75) is 91.3 Å². The highest BCUT2D eigenvalue weighted by molar-refractivity contribution is 6.62. The number of nitrogens with zero attached hydrogens (tertiary/aromatic N) is 1. The lowest BCUT2D eigenvalue weighted by Crippen LogP contribution is -2.41. The molecule has 0 saturated carbocycles. The van der Waals surface area contributed by atoms with Crippen LogP contribution in [0, 0.1) is 0 Å². The third-order valence-corrected chi connectivity index (χ3v) is 10.1. The summed E-state index contributed by atoms with van der Waals surface area (Å²) < 4.78 is 12.7. The van der Waals surface area contributed by atoms with Crippen molar-refractivity contribution in [3.8, 4) is 22.3 Å². The molecule has 5 aromatic rings. The number of hydrogen-bond donors (Lipinski definition) is 0. The molecule has 0 radical (unpaired) electrons. The highest BCUT2D eigenvalue weighted by Gasteiger charge is 2.51. The Labute approximate surface area is 289 Å². The highest BCUT2D eigenvalue weighted by atomic mass is 16.7. The fourth-order valence-corrected chi connectivity index (χ4v) is 6.14. The van der Waals surface area contributed by atoms with Crippen LogP contribution in [-0.4, -0.2) is 18.3 Å². The van der Waals surface area contributed by atoms with E-state index in [2.05, 4.69) is 195 Å². The van der Waals surface area contributed by atoms with E-state index in [0.717, 1.165) is 22.5 Å². The van der Waals surface area contributed by atoms with Crippen molar-refractivity contribution >= 4 is 29.6 Å². The summed E-state index contributed by atoms with van der Waals surface area (Å²) in [6.07, 6.45) is 0. The minimum absolute atomic E-state index is 0.131. The first kappa shape index (κ1) is 33.8. The van der Waals surface area contributed by atoms with Gasteiger partial charge < -0.3 is 14.2 Å². The largest absolute Gasteiger partial charge is 0.494 e. The molecule has 1 saturated heterocycles. The van der Waals surface area contributed by atoms with E-state index in [1.807, 2.05) is 0 Å². The first-order valence-electron chi connectivity index (χ1n) is 17.2. The van der Waals surface area contributed by atoms with Crippen molar-refractivity contribution in [1.82, 2.24) is 0 Å². The summed E-state index contributed by atoms with van der Waals surface area (Å²) in [6, 6.07) is 44.2. The predicted molar refractivity (Wildman–Crippen MR) is 205 cm³/mol. The topological polar surface area (TPSA) is 21.7 Å². The van der Waals surface area contributed by atoms with Gasteiger partial charge >= 0.3 is 7.12 Å². The highest BCUT2D eigenvalue weighted by Crippen LogP contribution is 2.39. The third-order valence-electron chi connectivity index (χ3n) is 10.1. The molecule has 0 unspecified atom stereocenters. The van der Waals surface area contributed by atoms with Gasteiger partial charge in [-0.15, -0.1) is 0 Å². The quantitative estimate of drug-likeness (QED) is 0.173. The Morgan fingerprint density at radius 3 is 0.979 bits per heavy atom. The molecular formula is C44H50BNO2. The van der Waals surface area contributed by atoms with Gasteiger partial charge in [-0.3, -0.25) is 0 Å². The van der Waals surface area contributed by atoms with E-state index in [1.54, 1.807) is 0 Å². The molecule has 246 valence electrons. The monoisotopic (exact) mass is 635 g/mol. The molecular weight excluding hydrogens is 585 g/mol. The van der Waals surface area contributed by atoms with Crippen molar-refractivity contribution in [3.63, 3.8) is 0 Å². The van der Waals surface area contributed by atoms with Crippen LogP contribution in [0.1, 0.15) is 80.4 Å². The van der Waals surface area contributed by atoms with Crippen LogP contribution in [0.4, 0.5) is 17.1 Å². The maximum Gasteiger partial charge on any atom is 0.494 e. The summed E-state index contributed by atoms with van der Waals surface area (Å²) in [4.78, 5) is 2.31. The van der Waals surface area contributed by atoms with Crippen molar-refractivity contribution in [3.05, 3.63) is 132 Å². The zero-order chi connectivity index (χ0) is 34.5. The maximum atomic E-state index is 6.35. The fraction of sp³-hybridized carbons (Fsp3) is 0.318. The minimum Gasteiger partial charge on any atom is -0.399 e. The van der Waals surface area contributed by atoms with Gasteiger partial charge in [0, 0.05) is 17.1 Å². The van der Waals surface area contributed by atoms with Crippen LogP contribution in [0.15, 0.2) is 121 Å². The maximum absolute atomic E-state index is 6.35. The van der Waals surface area contributed by atoms with E-state index in [1.165, 1.54) is 33.4 Å². The summed E-state index contributed by atoms with van der Waals surface area (Å²) >= 11 is 0.